The molecule has 1 N–H and O–H groups in total. The van der Waals surface area contributed by atoms with Crippen LogP contribution in [0.5, 0.6) is 0 Å². The summed E-state index contributed by atoms with van der Waals surface area (Å²) < 4.78 is 5.33. The van der Waals surface area contributed by atoms with Crippen LogP contribution < -0.4 is 5.32 Å². The van der Waals surface area contributed by atoms with Crippen molar-refractivity contribution in [2.45, 2.75) is 37.5 Å². The average Bonchev–Trinajstić information content (AvgIpc) is 2.86. The number of hydrogen-bond acceptors (Lipinski definition) is 3. The first-order chi connectivity index (χ1) is 7.34. The second kappa shape index (κ2) is 5.61. The molecule has 2 rings (SSSR count). The molecule has 1 fully saturated rings. The Hall–Kier alpha value is -0.410. The number of thioether (sulfide) groups is 1. The van der Waals surface area contributed by atoms with Gasteiger partial charge in [0.15, 0.2) is 0 Å². The van der Waals surface area contributed by atoms with Crippen LogP contribution in [0.4, 0.5) is 0 Å². The smallest absolute Gasteiger partial charge is 0.105 e. The third-order valence-electron chi connectivity index (χ3n) is 2.81. The molecule has 0 saturated carbocycles. The van der Waals surface area contributed by atoms with E-state index in [0.717, 1.165) is 24.0 Å². The van der Waals surface area contributed by atoms with Crippen molar-refractivity contribution in [2.24, 2.45) is 0 Å². The van der Waals surface area contributed by atoms with Gasteiger partial charge in [0, 0.05) is 24.3 Å². The van der Waals surface area contributed by atoms with Crippen LogP contribution in [0.25, 0.3) is 0 Å². The first-order valence-electron chi connectivity index (χ1n) is 5.72. The van der Waals surface area contributed by atoms with Crippen LogP contribution in [0.1, 0.15) is 25.5 Å². The zero-order chi connectivity index (χ0) is 10.5. The summed E-state index contributed by atoms with van der Waals surface area (Å²) in [6.45, 7) is 3.37. The molecule has 0 radical (unpaired) electrons. The van der Waals surface area contributed by atoms with Gasteiger partial charge in [-0.2, -0.15) is 11.8 Å². The molecule has 1 aromatic rings. The van der Waals surface area contributed by atoms with E-state index in [2.05, 4.69) is 24.0 Å². The van der Waals surface area contributed by atoms with Crippen molar-refractivity contribution in [2.75, 3.05) is 12.3 Å². The quantitative estimate of drug-likeness (QED) is 0.834. The van der Waals surface area contributed by atoms with Gasteiger partial charge >= 0.3 is 0 Å². The molecular weight excluding hydrogens is 206 g/mol. The molecule has 2 atom stereocenters. The zero-order valence-corrected chi connectivity index (χ0v) is 10.1. The van der Waals surface area contributed by atoms with Crippen molar-refractivity contribution in [1.82, 2.24) is 5.32 Å². The van der Waals surface area contributed by atoms with E-state index in [4.69, 9.17) is 4.42 Å². The van der Waals surface area contributed by atoms with Crippen molar-refractivity contribution in [3.63, 3.8) is 0 Å². The fourth-order valence-corrected chi connectivity index (χ4v) is 3.15. The summed E-state index contributed by atoms with van der Waals surface area (Å²) in [6, 6.07) is 4.51. The number of nitrogens with one attached hydrogen (secondary N) is 1. The van der Waals surface area contributed by atoms with Gasteiger partial charge in [-0.05, 0) is 37.7 Å². The van der Waals surface area contributed by atoms with Gasteiger partial charge in [0.05, 0.1) is 6.26 Å². The first kappa shape index (κ1) is 11.1. The molecule has 0 bridgehead atoms. The minimum atomic E-state index is 0.511. The van der Waals surface area contributed by atoms with Gasteiger partial charge in [0.25, 0.3) is 0 Å². The zero-order valence-electron chi connectivity index (χ0n) is 9.24. The molecule has 0 aromatic carbocycles. The van der Waals surface area contributed by atoms with Crippen molar-refractivity contribution in [3.05, 3.63) is 24.2 Å². The normalized spacial score (nSPS) is 23.1. The Balaban J connectivity index is 1.66. The summed E-state index contributed by atoms with van der Waals surface area (Å²) in [7, 11) is 0. The largest absolute Gasteiger partial charge is 0.469 e. The molecule has 2 unspecified atom stereocenters. The Morgan fingerprint density at radius 2 is 2.60 bits per heavy atom. The van der Waals surface area contributed by atoms with E-state index in [1.54, 1.807) is 6.26 Å². The Morgan fingerprint density at radius 1 is 1.67 bits per heavy atom. The minimum Gasteiger partial charge on any atom is -0.469 e. The maximum Gasteiger partial charge on any atom is 0.105 e. The molecule has 1 aliphatic rings. The predicted octanol–water partition coefficient (Wildman–Crippen LogP) is 2.70. The van der Waals surface area contributed by atoms with Crippen LogP contribution >= 0.6 is 11.8 Å². The molecule has 1 aromatic heterocycles. The number of furan rings is 1. The van der Waals surface area contributed by atoms with Gasteiger partial charge in [0.1, 0.15) is 5.76 Å². The maximum absolute atomic E-state index is 5.33. The van der Waals surface area contributed by atoms with Gasteiger partial charge < -0.3 is 9.73 Å². The van der Waals surface area contributed by atoms with E-state index in [9.17, 15) is 0 Å². The predicted molar refractivity (Wildman–Crippen MR) is 65.4 cm³/mol. The van der Waals surface area contributed by atoms with Crippen LogP contribution in [0, 0.1) is 0 Å². The lowest BCUT2D eigenvalue weighted by atomic mass is 10.2. The van der Waals surface area contributed by atoms with Crippen LogP contribution in [0.3, 0.4) is 0 Å². The topological polar surface area (TPSA) is 25.2 Å². The monoisotopic (exact) mass is 225 g/mol. The van der Waals surface area contributed by atoms with Crippen LogP contribution in [-0.2, 0) is 6.42 Å². The Bertz CT molecular complexity index is 267. The number of rotatable bonds is 5. The van der Waals surface area contributed by atoms with E-state index >= 15 is 0 Å². The van der Waals surface area contributed by atoms with E-state index in [0.29, 0.717) is 6.04 Å². The maximum atomic E-state index is 5.33. The molecule has 3 heteroatoms. The van der Waals surface area contributed by atoms with E-state index in [1.807, 2.05) is 12.1 Å². The fraction of sp³-hybridized carbons (Fsp3) is 0.667. The van der Waals surface area contributed by atoms with E-state index in [1.165, 1.54) is 18.6 Å². The third kappa shape index (κ3) is 3.58. The standard InChI is InChI=1S/C12H19NOS/c1-10(8-11-4-2-6-14-11)13-9-12-5-3-7-15-12/h2,4,6,10,12-13H,3,5,7-9H2,1H3. The summed E-state index contributed by atoms with van der Waals surface area (Å²) in [5, 5.41) is 4.42. The lowest BCUT2D eigenvalue weighted by Crippen LogP contribution is -2.33. The van der Waals surface area contributed by atoms with Gasteiger partial charge in [-0.15, -0.1) is 0 Å². The molecule has 0 spiro atoms. The van der Waals surface area contributed by atoms with E-state index < -0.39 is 0 Å². The van der Waals surface area contributed by atoms with E-state index in [-0.39, 0.29) is 0 Å². The summed E-state index contributed by atoms with van der Waals surface area (Å²) in [5.74, 6) is 2.42. The summed E-state index contributed by atoms with van der Waals surface area (Å²) in [4.78, 5) is 0. The lowest BCUT2D eigenvalue weighted by molar-refractivity contribution is 0.455. The van der Waals surface area contributed by atoms with Crippen molar-refractivity contribution in [3.8, 4) is 0 Å². The second-order valence-corrected chi connectivity index (χ2v) is 5.64. The number of hydrogen-bond donors (Lipinski definition) is 1. The highest BCUT2D eigenvalue weighted by atomic mass is 32.2. The highest BCUT2D eigenvalue weighted by molar-refractivity contribution is 8.00. The summed E-state index contributed by atoms with van der Waals surface area (Å²) >= 11 is 2.11. The molecule has 84 valence electrons. The summed E-state index contributed by atoms with van der Waals surface area (Å²) in [6.07, 6.45) is 5.51. The molecule has 2 nitrogen and oxygen atoms in total. The van der Waals surface area contributed by atoms with Crippen LogP contribution in [0.2, 0.25) is 0 Å². The van der Waals surface area contributed by atoms with Crippen molar-refractivity contribution >= 4 is 11.8 Å². The molecule has 1 aliphatic heterocycles. The second-order valence-electron chi connectivity index (χ2n) is 4.23. The third-order valence-corrected chi connectivity index (χ3v) is 4.20. The molecule has 0 amide bonds. The fourth-order valence-electron chi connectivity index (χ4n) is 1.94. The summed E-state index contributed by atoms with van der Waals surface area (Å²) in [5.41, 5.74) is 0. The van der Waals surface area contributed by atoms with Crippen molar-refractivity contribution in [1.29, 1.82) is 0 Å². The Morgan fingerprint density at radius 3 is 3.27 bits per heavy atom. The highest BCUT2D eigenvalue weighted by Gasteiger charge is 2.16. The Kier molecular flexibility index (Phi) is 4.15. The van der Waals surface area contributed by atoms with Crippen molar-refractivity contribution < 1.29 is 4.42 Å². The molecule has 0 aliphatic carbocycles. The molecule has 2 heterocycles. The highest BCUT2D eigenvalue weighted by Crippen LogP contribution is 2.25. The molecule has 1 saturated heterocycles. The van der Waals surface area contributed by atoms with Gasteiger partial charge in [-0.25, -0.2) is 0 Å². The average molecular weight is 225 g/mol. The van der Waals surface area contributed by atoms with Crippen LogP contribution in [0.15, 0.2) is 22.8 Å². The van der Waals surface area contributed by atoms with Gasteiger partial charge in [0.2, 0.25) is 0 Å². The first-order valence-corrected chi connectivity index (χ1v) is 6.77. The SMILES string of the molecule is CC(Cc1ccco1)NCC1CCCS1. The lowest BCUT2D eigenvalue weighted by Gasteiger charge is -2.15. The minimum absolute atomic E-state index is 0.511. The molecule has 15 heavy (non-hydrogen) atoms. The van der Waals surface area contributed by atoms with Crippen LogP contribution in [-0.4, -0.2) is 23.6 Å². The van der Waals surface area contributed by atoms with Gasteiger partial charge in [-0.1, -0.05) is 0 Å². The molecular formula is C12H19NOS. The Labute approximate surface area is 95.8 Å². The van der Waals surface area contributed by atoms with Gasteiger partial charge in [-0.3, -0.25) is 0 Å².